The van der Waals surface area contributed by atoms with Crippen molar-refractivity contribution in [3.05, 3.63) is 47.5 Å². The van der Waals surface area contributed by atoms with E-state index in [-0.39, 0.29) is 60.9 Å². The second-order valence-corrected chi connectivity index (χ2v) is 8.26. The third kappa shape index (κ3) is 6.14. The van der Waals surface area contributed by atoms with Crippen molar-refractivity contribution in [1.82, 2.24) is 0 Å². The summed E-state index contributed by atoms with van der Waals surface area (Å²) in [4.78, 5) is 12.2. The highest BCUT2D eigenvalue weighted by molar-refractivity contribution is 7.86. The SMILES string of the molecule is O=C(CCc1ccc(O)c(O)c1)C[C@@H](CCc1ccc(O)c(O)c1)S(=O)(=O)O. The molecule has 0 fully saturated rings. The van der Waals surface area contributed by atoms with E-state index in [2.05, 4.69) is 0 Å². The van der Waals surface area contributed by atoms with Gasteiger partial charge in [-0.2, -0.15) is 8.42 Å². The molecule has 0 saturated carbocycles. The Morgan fingerprint density at radius 3 is 1.79 bits per heavy atom. The maximum Gasteiger partial charge on any atom is 0.268 e. The number of carbonyl (C=O) groups is 1. The van der Waals surface area contributed by atoms with E-state index >= 15 is 0 Å². The van der Waals surface area contributed by atoms with Gasteiger partial charge >= 0.3 is 0 Å². The van der Waals surface area contributed by atoms with Crippen LogP contribution in [0.1, 0.15) is 30.4 Å². The molecule has 1 atom stereocenters. The summed E-state index contributed by atoms with van der Waals surface area (Å²) < 4.78 is 32.7. The summed E-state index contributed by atoms with van der Waals surface area (Å²) in [5.41, 5.74) is 1.16. The van der Waals surface area contributed by atoms with Crippen LogP contribution in [0.15, 0.2) is 36.4 Å². The van der Waals surface area contributed by atoms with Gasteiger partial charge in [0.1, 0.15) is 5.78 Å². The van der Waals surface area contributed by atoms with Crippen LogP contribution in [0.25, 0.3) is 0 Å². The number of Topliss-reactive ketones (excluding diaryl/α,β-unsaturated/α-hetero) is 1. The molecule has 9 heteroatoms. The van der Waals surface area contributed by atoms with Gasteiger partial charge in [0.25, 0.3) is 10.1 Å². The van der Waals surface area contributed by atoms with Crippen molar-refractivity contribution in [2.24, 2.45) is 0 Å². The minimum Gasteiger partial charge on any atom is -0.504 e. The second-order valence-electron chi connectivity index (χ2n) is 6.56. The van der Waals surface area contributed by atoms with E-state index in [4.69, 9.17) is 0 Å². The van der Waals surface area contributed by atoms with Gasteiger partial charge in [-0.05, 0) is 54.7 Å². The molecule has 5 N–H and O–H groups in total. The summed E-state index contributed by atoms with van der Waals surface area (Å²) in [6.45, 7) is 0. The lowest BCUT2D eigenvalue weighted by atomic mass is 10.0. The molecule has 2 aromatic carbocycles. The molecule has 2 rings (SSSR count). The Morgan fingerprint density at radius 2 is 1.32 bits per heavy atom. The maximum absolute atomic E-state index is 12.2. The number of aromatic hydroxyl groups is 4. The Kier molecular flexibility index (Phi) is 6.87. The molecule has 0 bridgehead atoms. The van der Waals surface area contributed by atoms with Gasteiger partial charge in [-0.3, -0.25) is 9.35 Å². The smallest absolute Gasteiger partial charge is 0.268 e. The van der Waals surface area contributed by atoms with Crippen molar-refractivity contribution in [2.45, 2.75) is 37.4 Å². The first-order valence-corrected chi connectivity index (χ1v) is 10.1. The molecular weight excluding hydrogens is 388 g/mol. The normalized spacial score (nSPS) is 12.6. The monoisotopic (exact) mass is 410 g/mol. The Bertz CT molecular complexity index is 952. The fourth-order valence-corrected chi connectivity index (χ4v) is 3.58. The minimum atomic E-state index is -4.45. The molecule has 152 valence electrons. The molecule has 0 heterocycles. The van der Waals surface area contributed by atoms with Crippen molar-refractivity contribution in [3.63, 3.8) is 0 Å². The lowest BCUT2D eigenvalue weighted by Gasteiger charge is -2.13. The van der Waals surface area contributed by atoms with Crippen LogP contribution in [-0.2, 0) is 27.8 Å². The van der Waals surface area contributed by atoms with Crippen molar-refractivity contribution >= 4 is 15.9 Å². The van der Waals surface area contributed by atoms with E-state index in [1.807, 2.05) is 0 Å². The molecule has 0 aliphatic carbocycles. The minimum absolute atomic E-state index is 0.0102. The number of rotatable bonds is 9. The van der Waals surface area contributed by atoms with Crippen LogP contribution in [-0.4, -0.2) is 44.4 Å². The zero-order chi connectivity index (χ0) is 20.9. The highest BCUT2D eigenvalue weighted by Gasteiger charge is 2.25. The van der Waals surface area contributed by atoms with Gasteiger partial charge in [-0.1, -0.05) is 12.1 Å². The Labute approximate surface area is 162 Å². The maximum atomic E-state index is 12.2. The zero-order valence-electron chi connectivity index (χ0n) is 14.9. The van der Waals surface area contributed by atoms with Gasteiger partial charge in [0, 0.05) is 12.8 Å². The third-order valence-electron chi connectivity index (χ3n) is 4.40. The summed E-state index contributed by atoms with van der Waals surface area (Å²) >= 11 is 0. The summed E-state index contributed by atoms with van der Waals surface area (Å²) in [6, 6.07) is 8.22. The molecule has 0 radical (unpaired) electrons. The number of hydrogen-bond donors (Lipinski definition) is 5. The first-order chi connectivity index (χ1) is 13.1. The fourth-order valence-electron chi connectivity index (χ4n) is 2.77. The molecule has 0 aliphatic heterocycles. The fraction of sp³-hybridized carbons (Fsp3) is 0.316. The summed E-state index contributed by atoms with van der Waals surface area (Å²) in [6.07, 6.45) is 0.0338. The van der Waals surface area contributed by atoms with Gasteiger partial charge in [0.05, 0.1) is 5.25 Å². The van der Waals surface area contributed by atoms with Crippen LogP contribution < -0.4 is 0 Å². The lowest BCUT2D eigenvalue weighted by molar-refractivity contribution is -0.119. The average molecular weight is 410 g/mol. The Morgan fingerprint density at radius 1 is 0.821 bits per heavy atom. The highest BCUT2D eigenvalue weighted by atomic mass is 32.2. The number of phenols is 4. The van der Waals surface area contributed by atoms with Crippen molar-refractivity contribution in [1.29, 1.82) is 0 Å². The van der Waals surface area contributed by atoms with Gasteiger partial charge < -0.3 is 20.4 Å². The number of ketones is 1. The lowest BCUT2D eigenvalue weighted by Crippen LogP contribution is -2.25. The van der Waals surface area contributed by atoms with Crippen molar-refractivity contribution in [3.8, 4) is 23.0 Å². The van der Waals surface area contributed by atoms with Gasteiger partial charge in [0.2, 0.25) is 0 Å². The van der Waals surface area contributed by atoms with Gasteiger partial charge in [-0.15, -0.1) is 0 Å². The number of carbonyl (C=O) groups excluding carboxylic acids is 1. The van der Waals surface area contributed by atoms with Crippen molar-refractivity contribution < 1.29 is 38.2 Å². The van der Waals surface area contributed by atoms with E-state index in [1.54, 1.807) is 6.07 Å². The largest absolute Gasteiger partial charge is 0.504 e. The van der Waals surface area contributed by atoms with E-state index in [0.717, 1.165) is 0 Å². The third-order valence-corrected chi connectivity index (χ3v) is 5.65. The molecule has 0 saturated heterocycles. The van der Waals surface area contributed by atoms with E-state index in [0.29, 0.717) is 11.1 Å². The van der Waals surface area contributed by atoms with Crippen LogP contribution in [0, 0.1) is 0 Å². The van der Waals surface area contributed by atoms with Crippen LogP contribution in [0.2, 0.25) is 0 Å². The summed E-state index contributed by atoms with van der Waals surface area (Å²) in [7, 11) is -4.45. The molecule has 0 aliphatic rings. The molecule has 0 unspecified atom stereocenters. The highest BCUT2D eigenvalue weighted by Crippen LogP contribution is 2.27. The molecular formula is C19H22O8S. The predicted octanol–water partition coefficient (Wildman–Crippen LogP) is 2.29. The standard InChI is InChI=1S/C19H22O8S/c20-14(5-1-12-3-7-16(21)18(23)9-12)11-15(28(25,26)27)6-2-13-4-8-17(22)19(24)10-13/h3-4,7-10,15,21-24H,1-2,5-6,11H2,(H,25,26,27)/t15-/m1/s1. The second kappa shape index (κ2) is 8.94. The van der Waals surface area contributed by atoms with Crippen LogP contribution in [0.4, 0.5) is 0 Å². The van der Waals surface area contributed by atoms with E-state index in [1.165, 1.54) is 30.3 Å². The van der Waals surface area contributed by atoms with E-state index in [9.17, 15) is 38.2 Å². The molecule has 0 aromatic heterocycles. The zero-order valence-corrected chi connectivity index (χ0v) is 15.8. The van der Waals surface area contributed by atoms with Crippen molar-refractivity contribution in [2.75, 3.05) is 0 Å². The number of aryl methyl sites for hydroxylation is 2. The van der Waals surface area contributed by atoms with Gasteiger partial charge in [-0.25, -0.2) is 0 Å². The molecule has 0 spiro atoms. The Balaban J connectivity index is 1.96. The molecule has 0 amide bonds. The van der Waals surface area contributed by atoms with Crippen LogP contribution in [0.3, 0.4) is 0 Å². The predicted molar refractivity (Wildman–Crippen MR) is 101 cm³/mol. The number of phenolic OH excluding ortho intramolecular Hbond substituents is 4. The van der Waals surface area contributed by atoms with E-state index < -0.39 is 15.4 Å². The van der Waals surface area contributed by atoms with Crippen LogP contribution in [0.5, 0.6) is 23.0 Å². The molecule has 2 aromatic rings. The number of benzene rings is 2. The Hall–Kier alpha value is -2.78. The van der Waals surface area contributed by atoms with Gasteiger partial charge in [0.15, 0.2) is 23.0 Å². The topological polar surface area (TPSA) is 152 Å². The summed E-state index contributed by atoms with van der Waals surface area (Å²) in [5, 5.41) is 36.2. The molecule has 8 nitrogen and oxygen atoms in total. The summed E-state index contributed by atoms with van der Waals surface area (Å²) in [5.74, 6) is -1.59. The quantitative estimate of drug-likeness (QED) is 0.312. The molecule has 28 heavy (non-hydrogen) atoms. The van der Waals surface area contributed by atoms with Crippen LogP contribution >= 0.6 is 0 Å². The number of hydrogen-bond acceptors (Lipinski definition) is 7. The first kappa shape index (κ1) is 21.5. The average Bonchev–Trinajstić information content (AvgIpc) is 2.61. The first-order valence-electron chi connectivity index (χ1n) is 8.56.